The Morgan fingerprint density at radius 2 is 1.86 bits per heavy atom. The standard InChI is InChI=1S/C18H22N2O2/c1-14-8-7-9-15(12-14)17-16(18(21)22-19-17)13-20-10-5-3-2-4-6-11-20/h7-9,12-13H,2-6,10-11H2,1H3. The summed E-state index contributed by atoms with van der Waals surface area (Å²) in [6, 6.07) is 8.00. The fourth-order valence-corrected chi connectivity index (χ4v) is 2.98. The van der Waals surface area contributed by atoms with Crippen LogP contribution in [-0.2, 0) is 9.63 Å². The van der Waals surface area contributed by atoms with E-state index in [-0.39, 0.29) is 5.97 Å². The van der Waals surface area contributed by atoms with Crippen LogP contribution in [-0.4, -0.2) is 29.7 Å². The van der Waals surface area contributed by atoms with Crippen LogP contribution in [0.25, 0.3) is 0 Å². The van der Waals surface area contributed by atoms with Gasteiger partial charge in [-0.15, -0.1) is 0 Å². The van der Waals surface area contributed by atoms with Crippen molar-refractivity contribution in [2.24, 2.45) is 5.16 Å². The van der Waals surface area contributed by atoms with Crippen LogP contribution in [0.15, 0.2) is 41.2 Å². The number of likely N-dealkylation sites (tertiary alicyclic amines) is 1. The molecule has 116 valence electrons. The van der Waals surface area contributed by atoms with E-state index in [1.54, 1.807) is 0 Å². The van der Waals surface area contributed by atoms with E-state index in [4.69, 9.17) is 4.84 Å². The van der Waals surface area contributed by atoms with Gasteiger partial charge in [-0.3, -0.25) is 0 Å². The fraction of sp³-hybridized carbons (Fsp3) is 0.444. The molecule has 1 aromatic rings. The van der Waals surface area contributed by atoms with E-state index in [1.165, 1.54) is 32.1 Å². The highest BCUT2D eigenvalue weighted by Crippen LogP contribution is 2.20. The lowest BCUT2D eigenvalue weighted by Gasteiger charge is -2.23. The first-order valence-electron chi connectivity index (χ1n) is 8.07. The second-order valence-corrected chi connectivity index (χ2v) is 6.03. The third-order valence-electron chi connectivity index (χ3n) is 4.19. The van der Waals surface area contributed by atoms with Crippen LogP contribution in [0.4, 0.5) is 0 Å². The first kappa shape index (κ1) is 14.8. The van der Waals surface area contributed by atoms with Crippen molar-refractivity contribution < 1.29 is 9.63 Å². The zero-order valence-corrected chi connectivity index (χ0v) is 13.0. The van der Waals surface area contributed by atoms with Crippen LogP contribution < -0.4 is 0 Å². The van der Waals surface area contributed by atoms with Crippen molar-refractivity contribution in [2.45, 2.75) is 39.0 Å². The van der Waals surface area contributed by atoms with Crippen molar-refractivity contribution in [3.63, 3.8) is 0 Å². The minimum Gasteiger partial charge on any atom is -0.377 e. The molecule has 4 nitrogen and oxygen atoms in total. The Hall–Kier alpha value is -2.10. The van der Waals surface area contributed by atoms with E-state index in [1.807, 2.05) is 37.4 Å². The molecule has 0 amide bonds. The highest BCUT2D eigenvalue weighted by molar-refractivity contribution is 6.28. The molecular weight excluding hydrogens is 276 g/mol. The highest BCUT2D eigenvalue weighted by Gasteiger charge is 2.27. The molecule has 3 rings (SSSR count). The molecule has 0 saturated carbocycles. The smallest absolute Gasteiger partial charge is 0.369 e. The average Bonchev–Trinajstić information content (AvgIpc) is 2.83. The number of carbonyl (C=O) groups is 1. The first-order valence-corrected chi connectivity index (χ1v) is 8.07. The number of rotatable bonds is 2. The van der Waals surface area contributed by atoms with Crippen molar-refractivity contribution in [1.82, 2.24) is 4.90 Å². The number of hydrogen-bond acceptors (Lipinski definition) is 4. The van der Waals surface area contributed by atoms with E-state index >= 15 is 0 Å². The summed E-state index contributed by atoms with van der Waals surface area (Å²) in [5.74, 6) is -0.349. The van der Waals surface area contributed by atoms with Gasteiger partial charge in [-0.25, -0.2) is 4.79 Å². The minimum atomic E-state index is -0.349. The number of carbonyl (C=O) groups excluding carboxylic acids is 1. The molecule has 0 aromatic heterocycles. The summed E-state index contributed by atoms with van der Waals surface area (Å²) in [5.41, 5.74) is 3.30. The maximum Gasteiger partial charge on any atom is 0.369 e. The van der Waals surface area contributed by atoms with Gasteiger partial charge in [0.05, 0.1) is 0 Å². The second-order valence-electron chi connectivity index (χ2n) is 6.03. The van der Waals surface area contributed by atoms with Crippen molar-refractivity contribution in [1.29, 1.82) is 0 Å². The van der Waals surface area contributed by atoms with Crippen LogP contribution >= 0.6 is 0 Å². The van der Waals surface area contributed by atoms with Crippen molar-refractivity contribution in [2.75, 3.05) is 13.1 Å². The molecule has 1 aromatic carbocycles. The van der Waals surface area contributed by atoms with Gasteiger partial charge in [0.15, 0.2) is 0 Å². The highest BCUT2D eigenvalue weighted by atomic mass is 16.7. The number of hydrogen-bond donors (Lipinski definition) is 0. The third-order valence-corrected chi connectivity index (χ3v) is 4.19. The van der Waals surface area contributed by atoms with Crippen molar-refractivity contribution in [3.8, 4) is 0 Å². The zero-order chi connectivity index (χ0) is 15.4. The number of oxime groups is 1. The van der Waals surface area contributed by atoms with Gasteiger partial charge >= 0.3 is 5.97 Å². The molecule has 0 aliphatic carbocycles. The monoisotopic (exact) mass is 298 g/mol. The van der Waals surface area contributed by atoms with E-state index in [9.17, 15) is 4.79 Å². The molecule has 0 spiro atoms. The van der Waals surface area contributed by atoms with Gasteiger partial charge in [0.25, 0.3) is 0 Å². The Balaban J connectivity index is 1.84. The van der Waals surface area contributed by atoms with Gasteiger partial charge in [0.1, 0.15) is 11.3 Å². The van der Waals surface area contributed by atoms with Crippen LogP contribution in [0.3, 0.4) is 0 Å². The van der Waals surface area contributed by atoms with Crippen molar-refractivity contribution in [3.05, 3.63) is 47.2 Å². The number of benzene rings is 1. The summed E-state index contributed by atoms with van der Waals surface area (Å²) in [4.78, 5) is 19.2. The van der Waals surface area contributed by atoms with E-state index in [0.29, 0.717) is 11.3 Å². The lowest BCUT2D eigenvalue weighted by Crippen LogP contribution is -2.24. The lowest BCUT2D eigenvalue weighted by molar-refractivity contribution is -0.136. The molecule has 2 aliphatic rings. The Morgan fingerprint density at radius 1 is 1.14 bits per heavy atom. The molecule has 2 aliphatic heterocycles. The molecule has 22 heavy (non-hydrogen) atoms. The normalized spacial score (nSPS) is 21.3. The first-order chi connectivity index (χ1) is 10.7. The molecule has 0 unspecified atom stereocenters. The molecule has 4 heteroatoms. The maximum absolute atomic E-state index is 12.0. The summed E-state index contributed by atoms with van der Waals surface area (Å²) in [6.45, 7) is 4.03. The van der Waals surface area contributed by atoms with E-state index < -0.39 is 0 Å². The average molecular weight is 298 g/mol. The summed E-state index contributed by atoms with van der Waals surface area (Å²) in [5, 5.41) is 3.99. The molecule has 0 bridgehead atoms. The van der Waals surface area contributed by atoms with Gasteiger partial charge in [-0.05, 0) is 25.8 Å². The van der Waals surface area contributed by atoms with E-state index in [0.717, 1.165) is 24.2 Å². The quantitative estimate of drug-likeness (QED) is 0.620. The predicted octanol–water partition coefficient (Wildman–Crippen LogP) is 3.41. The molecule has 1 saturated heterocycles. The topological polar surface area (TPSA) is 41.9 Å². The molecule has 2 heterocycles. The van der Waals surface area contributed by atoms with Gasteiger partial charge in [0, 0.05) is 24.9 Å². The molecular formula is C18H22N2O2. The lowest BCUT2D eigenvalue weighted by atomic mass is 10.0. The summed E-state index contributed by atoms with van der Waals surface area (Å²) < 4.78 is 0. The van der Waals surface area contributed by atoms with Crippen molar-refractivity contribution >= 4 is 11.7 Å². The minimum absolute atomic E-state index is 0.349. The maximum atomic E-state index is 12.0. The number of nitrogens with zero attached hydrogens (tertiary/aromatic N) is 2. The van der Waals surface area contributed by atoms with Gasteiger partial charge in [-0.1, -0.05) is 48.2 Å². The van der Waals surface area contributed by atoms with Gasteiger partial charge in [-0.2, -0.15) is 0 Å². The predicted molar refractivity (Wildman–Crippen MR) is 86.5 cm³/mol. The van der Waals surface area contributed by atoms with Crippen LogP contribution in [0, 0.1) is 6.92 Å². The zero-order valence-electron chi connectivity index (χ0n) is 13.0. The summed E-state index contributed by atoms with van der Waals surface area (Å²) in [6.07, 6.45) is 8.15. The van der Waals surface area contributed by atoms with E-state index in [2.05, 4.69) is 10.1 Å². The number of aryl methyl sites for hydroxylation is 1. The Kier molecular flexibility index (Phi) is 4.56. The summed E-state index contributed by atoms with van der Waals surface area (Å²) >= 11 is 0. The van der Waals surface area contributed by atoms with Gasteiger partial charge in [0.2, 0.25) is 0 Å². The second kappa shape index (κ2) is 6.77. The Labute approximate surface area is 131 Å². The van der Waals surface area contributed by atoms with Crippen LogP contribution in [0.1, 0.15) is 43.2 Å². The summed E-state index contributed by atoms with van der Waals surface area (Å²) in [7, 11) is 0. The van der Waals surface area contributed by atoms with Crippen LogP contribution in [0.5, 0.6) is 0 Å². The third kappa shape index (κ3) is 3.38. The molecule has 1 fully saturated rings. The largest absolute Gasteiger partial charge is 0.377 e. The Bertz CT molecular complexity index is 611. The SMILES string of the molecule is Cc1cccc(C2=NOC(=O)C2=CN2CCCCCCC2)c1. The fourth-order valence-electron chi connectivity index (χ4n) is 2.98. The van der Waals surface area contributed by atoms with Crippen LogP contribution in [0.2, 0.25) is 0 Å². The molecule has 0 radical (unpaired) electrons. The molecule has 0 N–H and O–H groups in total. The Morgan fingerprint density at radius 3 is 2.59 bits per heavy atom. The van der Waals surface area contributed by atoms with Gasteiger partial charge < -0.3 is 9.74 Å². The molecule has 0 atom stereocenters.